The van der Waals surface area contributed by atoms with Crippen LogP contribution in [0.5, 0.6) is 0 Å². The van der Waals surface area contributed by atoms with Gasteiger partial charge in [0.1, 0.15) is 11.5 Å². The Hall–Kier alpha value is -2.14. The maximum Gasteiger partial charge on any atom is 0.253 e. The zero-order valence-electron chi connectivity index (χ0n) is 14.6. The summed E-state index contributed by atoms with van der Waals surface area (Å²) in [6, 6.07) is 8.22. The molecule has 2 aromatic rings. The molecule has 4 rings (SSSR count). The molecule has 2 unspecified atom stereocenters. The molecule has 0 bridgehead atoms. The van der Waals surface area contributed by atoms with Crippen LogP contribution in [0.1, 0.15) is 54.0 Å². The number of piperidine rings is 1. The summed E-state index contributed by atoms with van der Waals surface area (Å²) in [6.07, 6.45) is 6.54. The molecule has 5 nitrogen and oxygen atoms in total. The van der Waals surface area contributed by atoms with Crippen LogP contribution in [-0.2, 0) is 6.54 Å². The molecule has 0 aromatic carbocycles. The Kier molecular flexibility index (Phi) is 4.57. The monoisotopic (exact) mass is 339 g/mol. The molecule has 2 aliphatic rings. The highest BCUT2D eigenvalue weighted by atomic mass is 16.3. The van der Waals surface area contributed by atoms with Crippen LogP contribution >= 0.6 is 0 Å². The lowest BCUT2D eigenvalue weighted by molar-refractivity contribution is 0.0704. The average molecular weight is 339 g/mol. The van der Waals surface area contributed by atoms with Crippen LogP contribution in [0.4, 0.5) is 0 Å². The Labute approximate surface area is 148 Å². The van der Waals surface area contributed by atoms with E-state index < -0.39 is 0 Å². The van der Waals surface area contributed by atoms with E-state index in [1.807, 2.05) is 4.90 Å². The average Bonchev–Trinajstić information content (AvgIpc) is 3.20. The van der Waals surface area contributed by atoms with Crippen LogP contribution in [0.3, 0.4) is 0 Å². The smallest absolute Gasteiger partial charge is 0.253 e. The van der Waals surface area contributed by atoms with Gasteiger partial charge in [-0.15, -0.1) is 0 Å². The number of hydrogen-bond acceptors (Lipinski definition) is 4. The maximum atomic E-state index is 12.4. The van der Waals surface area contributed by atoms with Crippen LogP contribution in [0.2, 0.25) is 0 Å². The van der Waals surface area contributed by atoms with Gasteiger partial charge in [0, 0.05) is 43.0 Å². The predicted molar refractivity (Wildman–Crippen MR) is 95.2 cm³/mol. The topological polar surface area (TPSA) is 58.4 Å². The third-order valence-electron chi connectivity index (χ3n) is 5.43. The molecule has 132 valence electrons. The molecule has 5 heteroatoms. The molecular weight excluding hydrogens is 314 g/mol. The quantitative estimate of drug-likeness (QED) is 0.909. The molecule has 3 heterocycles. The summed E-state index contributed by atoms with van der Waals surface area (Å²) in [5.41, 5.74) is 0.721. The van der Waals surface area contributed by atoms with Gasteiger partial charge in [-0.25, -0.2) is 0 Å². The van der Waals surface area contributed by atoms with Crippen molar-refractivity contribution in [2.24, 2.45) is 5.92 Å². The Bertz CT molecular complexity index is 720. The fourth-order valence-electron chi connectivity index (χ4n) is 3.62. The number of aromatic nitrogens is 1. The minimum absolute atomic E-state index is 0.107. The summed E-state index contributed by atoms with van der Waals surface area (Å²) < 4.78 is 5.95. The van der Waals surface area contributed by atoms with Crippen molar-refractivity contribution >= 4 is 5.91 Å². The first-order valence-corrected chi connectivity index (χ1v) is 9.22. The van der Waals surface area contributed by atoms with Crippen molar-refractivity contribution in [1.82, 2.24) is 15.2 Å². The predicted octanol–water partition coefficient (Wildman–Crippen LogP) is 3.19. The molecule has 1 N–H and O–H groups in total. The van der Waals surface area contributed by atoms with Gasteiger partial charge in [0.25, 0.3) is 5.91 Å². The fourth-order valence-corrected chi connectivity index (χ4v) is 3.62. The molecule has 2 atom stereocenters. The van der Waals surface area contributed by atoms with Gasteiger partial charge in [-0.3, -0.25) is 9.78 Å². The van der Waals surface area contributed by atoms with Gasteiger partial charge in [0.05, 0.1) is 6.54 Å². The van der Waals surface area contributed by atoms with E-state index >= 15 is 0 Å². The number of furan rings is 1. The summed E-state index contributed by atoms with van der Waals surface area (Å²) >= 11 is 0. The number of carbonyl (C=O) groups excluding carboxylic acids is 1. The van der Waals surface area contributed by atoms with Crippen LogP contribution in [0, 0.1) is 5.92 Å². The Morgan fingerprint density at radius 3 is 2.64 bits per heavy atom. The Morgan fingerprint density at radius 1 is 1.24 bits per heavy atom. The van der Waals surface area contributed by atoms with E-state index in [-0.39, 0.29) is 5.91 Å². The molecule has 1 saturated carbocycles. The number of pyridine rings is 1. The fraction of sp³-hybridized carbons (Fsp3) is 0.500. The van der Waals surface area contributed by atoms with Gasteiger partial charge in [-0.1, -0.05) is 6.92 Å². The third kappa shape index (κ3) is 3.76. The standard InChI is InChI=1S/C20H25N3O2/c1-14-12-18(14)19-3-2-17(25-19)13-22-16-6-10-23(11-7-16)20(24)15-4-8-21-9-5-15/h2-5,8-9,14,16,18,22H,6-7,10-13H2,1H3. The summed E-state index contributed by atoms with van der Waals surface area (Å²) in [5.74, 6) is 3.67. The second-order valence-corrected chi connectivity index (χ2v) is 7.31. The maximum absolute atomic E-state index is 12.4. The van der Waals surface area contributed by atoms with Gasteiger partial charge < -0.3 is 14.6 Å². The van der Waals surface area contributed by atoms with Gasteiger partial charge in [0.15, 0.2) is 0 Å². The first-order chi connectivity index (χ1) is 12.2. The van der Waals surface area contributed by atoms with Crippen molar-refractivity contribution in [2.75, 3.05) is 13.1 Å². The number of nitrogens with zero attached hydrogens (tertiary/aromatic N) is 2. The van der Waals surface area contributed by atoms with E-state index in [4.69, 9.17) is 4.42 Å². The van der Waals surface area contributed by atoms with E-state index in [0.29, 0.717) is 12.0 Å². The summed E-state index contributed by atoms with van der Waals surface area (Å²) in [4.78, 5) is 18.4. The molecule has 0 spiro atoms. The van der Waals surface area contributed by atoms with Gasteiger partial charge >= 0.3 is 0 Å². The molecule has 25 heavy (non-hydrogen) atoms. The molecule has 1 aliphatic carbocycles. The molecule has 1 aliphatic heterocycles. The zero-order valence-corrected chi connectivity index (χ0v) is 14.6. The van der Waals surface area contributed by atoms with E-state index in [1.54, 1.807) is 24.5 Å². The normalized spacial score (nSPS) is 23.6. The zero-order chi connectivity index (χ0) is 17.2. The molecular formula is C20H25N3O2. The van der Waals surface area contributed by atoms with Crippen LogP contribution < -0.4 is 5.32 Å². The van der Waals surface area contributed by atoms with Crippen LogP contribution in [0.25, 0.3) is 0 Å². The van der Waals surface area contributed by atoms with Gasteiger partial charge in [0.2, 0.25) is 0 Å². The van der Waals surface area contributed by atoms with Crippen molar-refractivity contribution < 1.29 is 9.21 Å². The lowest BCUT2D eigenvalue weighted by Gasteiger charge is -2.32. The van der Waals surface area contributed by atoms with Crippen molar-refractivity contribution in [2.45, 2.75) is 44.7 Å². The second kappa shape index (κ2) is 7.00. The van der Waals surface area contributed by atoms with Gasteiger partial charge in [-0.2, -0.15) is 0 Å². The number of hydrogen-bond donors (Lipinski definition) is 1. The van der Waals surface area contributed by atoms with Crippen molar-refractivity contribution in [3.05, 3.63) is 53.7 Å². The largest absolute Gasteiger partial charge is 0.464 e. The van der Waals surface area contributed by atoms with Crippen LogP contribution in [0.15, 0.2) is 41.1 Å². The number of nitrogens with one attached hydrogen (secondary N) is 1. The first-order valence-electron chi connectivity index (χ1n) is 9.22. The minimum atomic E-state index is 0.107. The molecule has 1 saturated heterocycles. The second-order valence-electron chi connectivity index (χ2n) is 7.31. The Morgan fingerprint density at radius 2 is 1.96 bits per heavy atom. The summed E-state index contributed by atoms with van der Waals surface area (Å²) in [5, 5.41) is 3.58. The van der Waals surface area contributed by atoms with E-state index in [0.717, 1.165) is 55.5 Å². The molecule has 2 aromatic heterocycles. The van der Waals surface area contributed by atoms with E-state index in [2.05, 4.69) is 29.4 Å². The van der Waals surface area contributed by atoms with Crippen LogP contribution in [-0.4, -0.2) is 34.9 Å². The van der Waals surface area contributed by atoms with E-state index in [1.165, 1.54) is 6.42 Å². The Balaban J connectivity index is 1.24. The summed E-state index contributed by atoms with van der Waals surface area (Å²) in [6.45, 7) is 4.62. The minimum Gasteiger partial charge on any atom is -0.464 e. The van der Waals surface area contributed by atoms with Gasteiger partial charge in [-0.05, 0) is 49.4 Å². The summed E-state index contributed by atoms with van der Waals surface area (Å²) in [7, 11) is 0. The highest BCUT2D eigenvalue weighted by Crippen LogP contribution is 2.47. The van der Waals surface area contributed by atoms with Crippen molar-refractivity contribution in [3.63, 3.8) is 0 Å². The SMILES string of the molecule is CC1CC1c1ccc(CNC2CCN(C(=O)c3ccncc3)CC2)o1. The van der Waals surface area contributed by atoms with Crippen molar-refractivity contribution in [1.29, 1.82) is 0 Å². The first kappa shape index (κ1) is 16.3. The molecule has 0 radical (unpaired) electrons. The lowest BCUT2D eigenvalue weighted by Crippen LogP contribution is -2.44. The highest BCUT2D eigenvalue weighted by Gasteiger charge is 2.36. The number of likely N-dealkylation sites (tertiary alicyclic amines) is 1. The number of rotatable bonds is 5. The number of amides is 1. The molecule has 2 fully saturated rings. The highest BCUT2D eigenvalue weighted by molar-refractivity contribution is 5.94. The molecule has 1 amide bonds. The third-order valence-corrected chi connectivity index (χ3v) is 5.43. The number of carbonyl (C=O) groups is 1. The van der Waals surface area contributed by atoms with Crippen molar-refractivity contribution in [3.8, 4) is 0 Å². The lowest BCUT2D eigenvalue weighted by atomic mass is 10.0. The van der Waals surface area contributed by atoms with E-state index in [9.17, 15) is 4.79 Å².